The number of fused-ring (bicyclic) bond motifs is 4. The molecule has 0 bridgehead atoms. The number of hydrogen-bond donors (Lipinski definition) is 0. The van der Waals surface area contributed by atoms with Gasteiger partial charge in [0.1, 0.15) is 40.8 Å². The summed E-state index contributed by atoms with van der Waals surface area (Å²) in [6, 6.07) is 37.7. The van der Waals surface area contributed by atoms with Crippen LogP contribution in [0.3, 0.4) is 0 Å². The molecule has 0 aliphatic heterocycles. The summed E-state index contributed by atoms with van der Waals surface area (Å²) in [4.78, 5) is 26.5. The lowest BCUT2D eigenvalue weighted by Gasteiger charge is -2.11. The third kappa shape index (κ3) is 6.18. The average Bonchev–Trinajstić information content (AvgIpc) is 3.48. The van der Waals surface area contributed by atoms with Crippen LogP contribution >= 0.6 is 0 Å². The Bertz CT molecular complexity index is 2530. The predicted molar refractivity (Wildman–Crippen MR) is 191 cm³/mol. The van der Waals surface area contributed by atoms with Crippen LogP contribution in [-0.4, -0.2) is 34.5 Å². The monoisotopic (exact) mass is 667 g/mol. The summed E-state index contributed by atoms with van der Waals surface area (Å²) in [5, 5.41) is 2.69. The molecule has 11 nitrogen and oxygen atoms in total. The third-order valence-electron chi connectivity index (χ3n) is 7.96. The first-order valence-corrected chi connectivity index (χ1v) is 16.0. The van der Waals surface area contributed by atoms with Gasteiger partial charge in [0, 0.05) is 72.0 Å². The van der Waals surface area contributed by atoms with Crippen molar-refractivity contribution in [2.75, 3.05) is 0 Å². The van der Waals surface area contributed by atoms with Crippen molar-refractivity contribution in [1.29, 1.82) is 0 Å². The van der Waals surface area contributed by atoms with E-state index in [1.165, 1.54) is 6.33 Å². The largest absolute Gasteiger partial charge is 0.457 e. The van der Waals surface area contributed by atoms with Gasteiger partial charge in [0.2, 0.25) is 17.7 Å². The zero-order chi connectivity index (χ0) is 34.0. The van der Waals surface area contributed by atoms with E-state index >= 15 is 0 Å². The Morgan fingerprint density at radius 2 is 1.00 bits per heavy atom. The van der Waals surface area contributed by atoms with E-state index in [9.17, 15) is 0 Å². The molecule has 51 heavy (non-hydrogen) atoms. The van der Waals surface area contributed by atoms with Gasteiger partial charge in [0.05, 0.1) is 16.4 Å². The highest BCUT2D eigenvalue weighted by Gasteiger charge is 2.17. The first-order valence-electron chi connectivity index (χ1n) is 16.0. The molecular formula is C40H25N7O4. The number of pyridine rings is 2. The van der Waals surface area contributed by atoms with E-state index < -0.39 is 0 Å². The van der Waals surface area contributed by atoms with Crippen LogP contribution in [0.15, 0.2) is 152 Å². The van der Waals surface area contributed by atoms with E-state index in [0.29, 0.717) is 57.9 Å². The summed E-state index contributed by atoms with van der Waals surface area (Å²) in [6.07, 6.45) is 8.25. The van der Waals surface area contributed by atoms with Crippen molar-refractivity contribution >= 4 is 32.8 Å². The maximum absolute atomic E-state index is 6.36. The highest BCUT2D eigenvalue weighted by molar-refractivity contribution is 6.09. The summed E-state index contributed by atoms with van der Waals surface area (Å²) in [6.45, 7) is 0. The molecule has 0 atom stereocenters. The van der Waals surface area contributed by atoms with E-state index in [1.54, 1.807) is 36.9 Å². The number of hydrogen-bond acceptors (Lipinski definition) is 10. The maximum Gasteiger partial charge on any atom is 0.236 e. The van der Waals surface area contributed by atoms with Crippen LogP contribution in [0.25, 0.3) is 38.8 Å². The predicted octanol–water partition coefficient (Wildman–Crippen LogP) is 9.48. The number of rotatable bonds is 9. The summed E-state index contributed by atoms with van der Waals surface area (Å²) in [7, 11) is 0. The Morgan fingerprint density at radius 1 is 0.451 bits per heavy atom. The number of nitrogens with zero attached hydrogens (tertiary/aromatic N) is 7. The molecule has 5 heterocycles. The Labute approximate surface area is 290 Å². The molecule has 5 aromatic heterocycles. The van der Waals surface area contributed by atoms with Gasteiger partial charge in [-0.1, -0.05) is 24.3 Å². The van der Waals surface area contributed by atoms with Crippen LogP contribution in [0.5, 0.6) is 46.3 Å². The first kappa shape index (κ1) is 29.7. The minimum absolute atomic E-state index is 0.437. The molecule has 9 aromatic rings. The Kier molecular flexibility index (Phi) is 7.52. The molecule has 0 aliphatic rings. The van der Waals surface area contributed by atoms with E-state index in [1.807, 2.05) is 114 Å². The molecule has 0 amide bonds. The average molecular weight is 668 g/mol. The van der Waals surface area contributed by atoms with Crippen LogP contribution in [0, 0.1) is 0 Å². The Hall–Kier alpha value is -7.40. The second-order valence-electron chi connectivity index (χ2n) is 11.4. The second kappa shape index (κ2) is 12.9. The quantitative estimate of drug-likeness (QED) is 0.147. The molecule has 0 spiro atoms. The molecular weight excluding hydrogens is 642 g/mol. The summed E-state index contributed by atoms with van der Waals surface area (Å²) in [5.74, 6) is 5.08. The van der Waals surface area contributed by atoms with Crippen molar-refractivity contribution in [3.8, 4) is 52.2 Å². The fourth-order valence-electron chi connectivity index (χ4n) is 5.73. The zero-order valence-corrected chi connectivity index (χ0v) is 26.7. The minimum Gasteiger partial charge on any atom is -0.457 e. The van der Waals surface area contributed by atoms with Gasteiger partial charge in [-0.15, -0.1) is 0 Å². The van der Waals surface area contributed by atoms with Crippen LogP contribution < -0.4 is 18.9 Å². The minimum atomic E-state index is 0.437. The summed E-state index contributed by atoms with van der Waals surface area (Å²) in [5.41, 5.74) is 2.19. The molecule has 4 aromatic carbocycles. The van der Waals surface area contributed by atoms with E-state index in [2.05, 4.69) is 19.9 Å². The lowest BCUT2D eigenvalue weighted by molar-refractivity contribution is 0.448. The van der Waals surface area contributed by atoms with Gasteiger partial charge in [-0.3, -0.25) is 4.57 Å². The molecule has 244 valence electrons. The van der Waals surface area contributed by atoms with Gasteiger partial charge in [-0.2, -0.15) is 4.98 Å². The molecule has 0 aliphatic carbocycles. The highest BCUT2D eigenvalue weighted by Crippen LogP contribution is 2.38. The third-order valence-corrected chi connectivity index (χ3v) is 7.96. The highest BCUT2D eigenvalue weighted by atomic mass is 16.5. The number of ether oxygens (including phenoxy) is 4. The lowest BCUT2D eigenvalue weighted by atomic mass is 10.1. The molecule has 9 rings (SSSR count). The van der Waals surface area contributed by atoms with E-state index in [0.717, 1.165) is 27.2 Å². The normalized spacial score (nSPS) is 11.1. The van der Waals surface area contributed by atoms with Crippen LogP contribution in [0.1, 0.15) is 0 Å². The lowest BCUT2D eigenvalue weighted by Crippen LogP contribution is -2.02. The molecule has 0 saturated carbocycles. The Morgan fingerprint density at radius 3 is 1.55 bits per heavy atom. The van der Waals surface area contributed by atoms with Gasteiger partial charge >= 0.3 is 0 Å². The van der Waals surface area contributed by atoms with Gasteiger partial charge in [-0.05, 0) is 60.7 Å². The molecule has 0 fully saturated rings. The van der Waals surface area contributed by atoms with Crippen LogP contribution in [-0.2, 0) is 0 Å². The molecule has 0 unspecified atom stereocenters. The van der Waals surface area contributed by atoms with Gasteiger partial charge in [-0.25, -0.2) is 24.9 Å². The summed E-state index contributed by atoms with van der Waals surface area (Å²) >= 11 is 0. The maximum atomic E-state index is 6.36. The van der Waals surface area contributed by atoms with E-state index in [4.69, 9.17) is 28.9 Å². The van der Waals surface area contributed by atoms with Gasteiger partial charge in [0.15, 0.2) is 5.65 Å². The van der Waals surface area contributed by atoms with Gasteiger partial charge < -0.3 is 18.9 Å². The van der Waals surface area contributed by atoms with Gasteiger partial charge in [0.25, 0.3) is 0 Å². The van der Waals surface area contributed by atoms with Crippen molar-refractivity contribution < 1.29 is 18.9 Å². The van der Waals surface area contributed by atoms with Crippen LogP contribution in [0.4, 0.5) is 0 Å². The SMILES string of the molecule is c1ccc(Oc2cccc(Oc3ccc4c5ccc(Oc6cccc(Oc7ccccn7)c6)cc5n(-c5ncc6cncnc6n5)c4c3)c2)nc1. The molecule has 11 heteroatoms. The van der Waals surface area contributed by atoms with Crippen molar-refractivity contribution in [1.82, 2.24) is 34.5 Å². The van der Waals surface area contributed by atoms with Crippen molar-refractivity contribution in [3.63, 3.8) is 0 Å². The van der Waals surface area contributed by atoms with Crippen molar-refractivity contribution in [3.05, 3.63) is 152 Å². The fourth-order valence-corrected chi connectivity index (χ4v) is 5.73. The standard InChI is InChI=1S/C40H25N7O4/c1-3-17-42-37(11-1)50-29-9-5-7-27(19-29)48-31-13-15-33-34-16-14-32(49-28-8-6-10-30(20-28)51-38-12-2-4-18-43-38)22-36(34)47(35(33)21-31)40-44-24-26-23-41-25-45-39(26)46-40/h1-25H. The second-order valence-corrected chi connectivity index (χ2v) is 11.4. The topological polar surface area (TPSA) is 119 Å². The fraction of sp³-hybridized carbons (Fsp3) is 0. The first-order chi connectivity index (χ1) is 25.2. The Balaban J connectivity index is 1.10. The van der Waals surface area contributed by atoms with Crippen molar-refractivity contribution in [2.24, 2.45) is 0 Å². The smallest absolute Gasteiger partial charge is 0.236 e. The molecule has 0 N–H and O–H groups in total. The summed E-state index contributed by atoms with van der Waals surface area (Å²) < 4.78 is 26.5. The number of benzene rings is 4. The molecule has 0 saturated heterocycles. The van der Waals surface area contributed by atoms with E-state index in [-0.39, 0.29) is 0 Å². The zero-order valence-electron chi connectivity index (χ0n) is 26.7. The van der Waals surface area contributed by atoms with Crippen molar-refractivity contribution in [2.45, 2.75) is 0 Å². The van der Waals surface area contributed by atoms with Crippen LogP contribution in [0.2, 0.25) is 0 Å². The molecule has 0 radical (unpaired) electrons. The number of aromatic nitrogens is 7.